The Morgan fingerprint density at radius 2 is 1.92 bits per heavy atom. The van der Waals surface area contributed by atoms with Gasteiger partial charge in [0.05, 0.1) is 0 Å². The van der Waals surface area contributed by atoms with Crippen LogP contribution in [-0.4, -0.2) is 41.6 Å². The van der Waals surface area contributed by atoms with Crippen molar-refractivity contribution in [2.24, 2.45) is 5.73 Å². The summed E-state index contributed by atoms with van der Waals surface area (Å²) in [6.45, 7) is 7.94. The Balaban J connectivity index is 1.91. The predicted octanol–water partition coefficient (Wildman–Crippen LogP) is 2.66. The second-order valence-electron chi connectivity index (χ2n) is 7.56. The number of carbonyl (C=O) groups excluding carboxylic acids is 2. The van der Waals surface area contributed by atoms with E-state index in [2.05, 4.69) is 10.2 Å². The average molecular weight is 347 g/mol. The van der Waals surface area contributed by atoms with Crippen molar-refractivity contribution in [2.45, 2.75) is 58.2 Å². The number of ether oxygens (including phenoxy) is 1. The van der Waals surface area contributed by atoms with Crippen molar-refractivity contribution in [3.8, 4) is 0 Å². The number of hydrogen-bond donors (Lipinski definition) is 2. The Morgan fingerprint density at radius 1 is 1.24 bits per heavy atom. The Labute approximate surface area is 149 Å². The van der Waals surface area contributed by atoms with Gasteiger partial charge in [0.2, 0.25) is 5.91 Å². The summed E-state index contributed by atoms with van der Waals surface area (Å²) in [5, 5.41) is 2.88. The van der Waals surface area contributed by atoms with E-state index in [-0.39, 0.29) is 12.1 Å². The van der Waals surface area contributed by atoms with Crippen LogP contribution in [0.15, 0.2) is 24.3 Å². The van der Waals surface area contributed by atoms with E-state index in [9.17, 15) is 9.59 Å². The van der Waals surface area contributed by atoms with Crippen LogP contribution in [0.2, 0.25) is 0 Å². The molecule has 0 aliphatic carbocycles. The maximum absolute atomic E-state index is 11.9. The van der Waals surface area contributed by atoms with Crippen LogP contribution < -0.4 is 11.1 Å². The summed E-state index contributed by atoms with van der Waals surface area (Å²) in [7, 11) is 0. The highest BCUT2D eigenvalue weighted by Crippen LogP contribution is 2.20. The maximum atomic E-state index is 11.9. The molecule has 0 saturated carbocycles. The Hall–Kier alpha value is -2.08. The normalized spacial score (nSPS) is 18.6. The fourth-order valence-corrected chi connectivity index (χ4v) is 3.02. The second kappa shape index (κ2) is 8.34. The molecule has 3 N–H and O–H groups in total. The molecule has 2 rings (SSSR count). The van der Waals surface area contributed by atoms with E-state index < -0.39 is 11.5 Å². The Morgan fingerprint density at radius 3 is 2.52 bits per heavy atom. The van der Waals surface area contributed by atoms with E-state index in [1.54, 1.807) is 12.1 Å². The van der Waals surface area contributed by atoms with Gasteiger partial charge in [-0.05, 0) is 57.9 Å². The van der Waals surface area contributed by atoms with Gasteiger partial charge in [0.15, 0.2) is 0 Å². The fraction of sp³-hybridized carbons (Fsp3) is 0.579. The number of alkyl carbamates (subject to hydrolysis) is 1. The van der Waals surface area contributed by atoms with Gasteiger partial charge in [-0.25, -0.2) is 4.79 Å². The van der Waals surface area contributed by atoms with Crippen LogP contribution in [0.3, 0.4) is 0 Å². The minimum absolute atomic E-state index is 0.289. The van der Waals surface area contributed by atoms with E-state index in [4.69, 9.17) is 10.5 Å². The van der Waals surface area contributed by atoms with Crippen LogP contribution in [0.4, 0.5) is 4.79 Å². The monoisotopic (exact) mass is 347 g/mol. The van der Waals surface area contributed by atoms with Crippen LogP contribution in [-0.2, 0) is 11.3 Å². The standard InChI is InChI=1S/C19H29N3O3/c1-19(2,3)25-18(24)21-12-16-6-4-5-11-22(16)13-14-7-9-15(10-8-14)17(20)23/h7-10,16H,4-6,11-13H2,1-3H3,(H2,20,23)(H,21,24). The van der Waals surface area contributed by atoms with Crippen molar-refractivity contribution >= 4 is 12.0 Å². The molecule has 1 fully saturated rings. The molecule has 0 radical (unpaired) electrons. The van der Waals surface area contributed by atoms with Crippen molar-refractivity contribution in [2.75, 3.05) is 13.1 Å². The van der Waals surface area contributed by atoms with Crippen LogP contribution in [0.5, 0.6) is 0 Å². The molecule has 0 aromatic heterocycles. The lowest BCUT2D eigenvalue weighted by Crippen LogP contribution is -2.47. The van der Waals surface area contributed by atoms with Gasteiger partial charge in [-0.3, -0.25) is 9.69 Å². The van der Waals surface area contributed by atoms with Gasteiger partial charge in [0.1, 0.15) is 5.60 Å². The molecular formula is C19H29N3O3. The molecule has 0 bridgehead atoms. The fourth-order valence-electron chi connectivity index (χ4n) is 3.02. The molecule has 1 heterocycles. The van der Waals surface area contributed by atoms with Gasteiger partial charge in [0.25, 0.3) is 0 Å². The van der Waals surface area contributed by atoms with Gasteiger partial charge < -0.3 is 15.8 Å². The molecule has 1 aromatic carbocycles. The highest BCUT2D eigenvalue weighted by Gasteiger charge is 2.24. The number of carbonyl (C=O) groups is 2. The van der Waals surface area contributed by atoms with E-state index >= 15 is 0 Å². The zero-order chi connectivity index (χ0) is 18.4. The van der Waals surface area contributed by atoms with E-state index in [1.807, 2.05) is 32.9 Å². The Bertz CT molecular complexity index is 593. The minimum atomic E-state index is -0.488. The number of hydrogen-bond acceptors (Lipinski definition) is 4. The molecule has 138 valence electrons. The molecule has 25 heavy (non-hydrogen) atoms. The largest absolute Gasteiger partial charge is 0.444 e. The number of amides is 2. The third-order valence-corrected chi connectivity index (χ3v) is 4.25. The molecule has 1 aromatic rings. The number of rotatable bonds is 5. The lowest BCUT2D eigenvalue weighted by atomic mass is 10.0. The van der Waals surface area contributed by atoms with Crippen molar-refractivity contribution < 1.29 is 14.3 Å². The molecule has 1 unspecified atom stereocenters. The summed E-state index contributed by atoms with van der Waals surface area (Å²) in [6.07, 6.45) is 3.00. The van der Waals surface area contributed by atoms with Crippen LogP contribution in [0.25, 0.3) is 0 Å². The molecule has 1 atom stereocenters. The van der Waals surface area contributed by atoms with Crippen LogP contribution >= 0.6 is 0 Å². The minimum Gasteiger partial charge on any atom is -0.444 e. The zero-order valence-corrected chi connectivity index (χ0v) is 15.4. The zero-order valence-electron chi connectivity index (χ0n) is 15.4. The third-order valence-electron chi connectivity index (χ3n) is 4.25. The quantitative estimate of drug-likeness (QED) is 0.857. The van der Waals surface area contributed by atoms with E-state index in [0.29, 0.717) is 12.1 Å². The highest BCUT2D eigenvalue weighted by molar-refractivity contribution is 5.92. The molecule has 6 nitrogen and oxygen atoms in total. The molecule has 1 saturated heterocycles. The lowest BCUT2D eigenvalue weighted by molar-refractivity contribution is 0.0492. The average Bonchev–Trinajstić information content (AvgIpc) is 2.53. The number of nitrogens with zero attached hydrogens (tertiary/aromatic N) is 1. The number of primary amides is 1. The first-order valence-electron chi connectivity index (χ1n) is 8.84. The summed E-state index contributed by atoms with van der Waals surface area (Å²) in [4.78, 5) is 25.4. The molecule has 1 aliphatic rings. The number of piperidine rings is 1. The van der Waals surface area contributed by atoms with Gasteiger partial charge in [-0.15, -0.1) is 0 Å². The van der Waals surface area contributed by atoms with Gasteiger partial charge in [-0.1, -0.05) is 18.6 Å². The Kier molecular flexibility index (Phi) is 6.42. The molecule has 6 heteroatoms. The van der Waals surface area contributed by atoms with Crippen LogP contribution in [0.1, 0.15) is 56.0 Å². The molecule has 1 aliphatic heterocycles. The second-order valence-corrected chi connectivity index (χ2v) is 7.56. The summed E-state index contributed by atoms with van der Waals surface area (Å²) < 4.78 is 5.31. The van der Waals surface area contributed by atoms with Gasteiger partial charge in [0, 0.05) is 24.7 Å². The van der Waals surface area contributed by atoms with Crippen molar-refractivity contribution in [3.63, 3.8) is 0 Å². The topological polar surface area (TPSA) is 84.7 Å². The highest BCUT2D eigenvalue weighted by atomic mass is 16.6. The van der Waals surface area contributed by atoms with Crippen molar-refractivity contribution in [1.82, 2.24) is 10.2 Å². The summed E-state index contributed by atoms with van der Waals surface area (Å²) in [6, 6.07) is 7.68. The van der Waals surface area contributed by atoms with Crippen molar-refractivity contribution in [1.29, 1.82) is 0 Å². The first kappa shape index (κ1) is 19.2. The van der Waals surface area contributed by atoms with Gasteiger partial charge in [-0.2, -0.15) is 0 Å². The van der Waals surface area contributed by atoms with Crippen molar-refractivity contribution in [3.05, 3.63) is 35.4 Å². The number of likely N-dealkylation sites (tertiary alicyclic amines) is 1. The lowest BCUT2D eigenvalue weighted by Gasteiger charge is -2.36. The van der Waals surface area contributed by atoms with E-state index in [0.717, 1.165) is 37.9 Å². The smallest absolute Gasteiger partial charge is 0.407 e. The van der Waals surface area contributed by atoms with E-state index in [1.165, 1.54) is 0 Å². The number of benzene rings is 1. The maximum Gasteiger partial charge on any atom is 0.407 e. The first-order chi connectivity index (χ1) is 11.7. The summed E-state index contributed by atoms with van der Waals surface area (Å²) in [5.74, 6) is -0.413. The molecule has 0 spiro atoms. The molecular weight excluding hydrogens is 318 g/mol. The predicted molar refractivity (Wildman–Crippen MR) is 97.2 cm³/mol. The van der Waals surface area contributed by atoms with Crippen LogP contribution in [0, 0.1) is 0 Å². The number of nitrogens with two attached hydrogens (primary N) is 1. The molecule has 2 amide bonds. The summed E-state index contributed by atoms with van der Waals surface area (Å²) in [5.41, 5.74) is 6.45. The number of nitrogens with one attached hydrogen (secondary N) is 1. The third kappa shape index (κ3) is 6.38. The SMILES string of the molecule is CC(C)(C)OC(=O)NCC1CCCCN1Cc1ccc(C(N)=O)cc1. The van der Waals surface area contributed by atoms with Gasteiger partial charge >= 0.3 is 6.09 Å². The summed E-state index contributed by atoms with van der Waals surface area (Å²) >= 11 is 0. The first-order valence-corrected chi connectivity index (χ1v) is 8.84.